The van der Waals surface area contributed by atoms with Gasteiger partial charge in [-0.15, -0.1) is 13.2 Å². The number of alkyl halides is 3. The fraction of sp³-hybridized carbons (Fsp3) is 0.125. The molecule has 1 aromatic rings. The number of hydrogen-bond acceptors (Lipinski definition) is 2. The average Bonchev–Trinajstić information content (AvgIpc) is 2.07. The van der Waals surface area contributed by atoms with Gasteiger partial charge in [-0.1, -0.05) is 27.5 Å². The first-order chi connectivity index (χ1) is 7.69. The minimum absolute atomic E-state index is 0.00794. The van der Waals surface area contributed by atoms with Crippen molar-refractivity contribution in [2.45, 2.75) is 6.36 Å². The third kappa shape index (κ3) is 4.57. The summed E-state index contributed by atoms with van der Waals surface area (Å²) in [6.07, 6.45) is -4.84. The van der Waals surface area contributed by atoms with Crippen molar-refractivity contribution in [2.75, 3.05) is 5.32 Å². The molecular formula is C8H5BrClF3N2OS. The number of nitrogens with one attached hydrogen (secondary N) is 1. The largest absolute Gasteiger partial charge is 0.573 e. The summed E-state index contributed by atoms with van der Waals surface area (Å²) in [6, 6.07) is 2.48. The first kappa shape index (κ1) is 14.3. The number of ether oxygens (including phenoxy) is 1. The van der Waals surface area contributed by atoms with Gasteiger partial charge in [0.2, 0.25) is 0 Å². The second-order valence-electron chi connectivity index (χ2n) is 2.80. The predicted octanol–water partition coefficient (Wildman–Crippen LogP) is 3.66. The van der Waals surface area contributed by atoms with Crippen LogP contribution in [0, 0.1) is 0 Å². The molecule has 3 nitrogen and oxygen atoms in total. The molecule has 0 aliphatic heterocycles. The van der Waals surface area contributed by atoms with Crippen molar-refractivity contribution in [3.05, 3.63) is 21.6 Å². The van der Waals surface area contributed by atoms with Gasteiger partial charge in [0.15, 0.2) is 10.9 Å². The van der Waals surface area contributed by atoms with Crippen molar-refractivity contribution in [3.8, 4) is 5.75 Å². The third-order valence-corrected chi connectivity index (χ3v) is 2.35. The smallest absolute Gasteiger partial charge is 0.403 e. The van der Waals surface area contributed by atoms with Crippen LogP contribution in [0.2, 0.25) is 5.02 Å². The standard InChI is InChI=1S/C8H5BrClF3N2OS/c9-3-1-4(10)6(15-7(14)17)5(2-3)16-8(11,12)13/h1-2H,(H3,14,15,17). The highest BCUT2D eigenvalue weighted by molar-refractivity contribution is 9.10. The Kier molecular flexibility index (Phi) is 4.45. The van der Waals surface area contributed by atoms with Crippen molar-refractivity contribution in [1.29, 1.82) is 0 Å². The summed E-state index contributed by atoms with van der Waals surface area (Å²) in [5.41, 5.74) is 5.04. The molecule has 0 spiro atoms. The van der Waals surface area contributed by atoms with E-state index in [4.69, 9.17) is 17.3 Å². The molecule has 0 aliphatic carbocycles. The molecule has 0 radical (unpaired) electrons. The van der Waals surface area contributed by atoms with Crippen molar-refractivity contribution >= 4 is 50.5 Å². The fourth-order valence-electron chi connectivity index (χ4n) is 1.000. The maximum Gasteiger partial charge on any atom is 0.573 e. The molecule has 0 atom stereocenters. The number of anilines is 1. The number of halogens is 5. The maximum atomic E-state index is 12.1. The summed E-state index contributed by atoms with van der Waals surface area (Å²) in [5, 5.41) is 2.09. The molecule has 94 valence electrons. The van der Waals surface area contributed by atoms with Crippen LogP contribution in [0.3, 0.4) is 0 Å². The van der Waals surface area contributed by atoms with E-state index in [0.29, 0.717) is 4.47 Å². The quantitative estimate of drug-likeness (QED) is 0.800. The van der Waals surface area contributed by atoms with Crippen LogP contribution in [0.1, 0.15) is 0 Å². The summed E-state index contributed by atoms with van der Waals surface area (Å²) in [5.74, 6) is -0.523. The number of hydrogen-bond donors (Lipinski definition) is 2. The third-order valence-electron chi connectivity index (χ3n) is 1.49. The van der Waals surface area contributed by atoms with Crippen LogP contribution >= 0.6 is 39.7 Å². The molecule has 0 fully saturated rings. The lowest BCUT2D eigenvalue weighted by molar-refractivity contribution is -0.274. The Morgan fingerprint density at radius 3 is 2.53 bits per heavy atom. The molecule has 0 unspecified atom stereocenters. The van der Waals surface area contributed by atoms with Gasteiger partial charge < -0.3 is 15.8 Å². The first-order valence-electron chi connectivity index (χ1n) is 4.00. The van der Waals surface area contributed by atoms with E-state index in [0.717, 1.165) is 6.07 Å². The van der Waals surface area contributed by atoms with Crippen molar-refractivity contribution in [3.63, 3.8) is 0 Å². The molecule has 0 bridgehead atoms. The van der Waals surface area contributed by atoms with Gasteiger partial charge >= 0.3 is 6.36 Å². The minimum Gasteiger partial charge on any atom is -0.403 e. The van der Waals surface area contributed by atoms with E-state index in [9.17, 15) is 13.2 Å². The molecule has 0 aliphatic rings. The van der Waals surface area contributed by atoms with Crippen LogP contribution in [0.25, 0.3) is 0 Å². The van der Waals surface area contributed by atoms with Gasteiger partial charge in [0.25, 0.3) is 0 Å². The van der Waals surface area contributed by atoms with Crippen LogP contribution < -0.4 is 15.8 Å². The predicted molar refractivity (Wildman–Crippen MR) is 66.2 cm³/mol. The van der Waals surface area contributed by atoms with Gasteiger partial charge in [0.1, 0.15) is 5.69 Å². The van der Waals surface area contributed by atoms with E-state index in [1.54, 1.807) is 0 Å². The molecule has 0 aromatic heterocycles. The second kappa shape index (κ2) is 5.28. The number of rotatable bonds is 2. The van der Waals surface area contributed by atoms with Gasteiger partial charge in [0.05, 0.1) is 5.02 Å². The monoisotopic (exact) mass is 348 g/mol. The van der Waals surface area contributed by atoms with Crippen LogP contribution in [0.5, 0.6) is 5.75 Å². The Morgan fingerprint density at radius 1 is 1.47 bits per heavy atom. The van der Waals surface area contributed by atoms with Crippen LogP contribution in [-0.2, 0) is 0 Å². The molecule has 0 heterocycles. The number of thiocarbonyl (C=S) groups is 1. The Hall–Kier alpha value is -0.730. The Bertz CT molecular complexity index is 455. The maximum absolute atomic E-state index is 12.1. The molecule has 0 amide bonds. The average molecular weight is 350 g/mol. The highest BCUT2D eigenvalue weighted by Crippen LogP contribution is 2.38. The molecule has 9 heteroatoms. The van der Waals surface area contributed by atoms with Crippen molar-refractivity contribution in [1.82, 2.24) is 0 Å². The molecule has 1 aromatic carbocycles. The van der Waals surface area contributed by atoms with Gasteiger partial charge in [-0.2, -0.15) is 0 Å². The van der Waals surface area contributed by atoms with Crippen LogP contribution in [-0.4, -0.2) is 11.5 Å². The lowest BCUT2D eigenvalue weighted by Gasteiger charge is -2.15. The lowest BCUT2D eigenvalue weighted by atomic mass is 10.3. The van der Waals surface area contributed by atoms with Gasteiger partial charge in [-0.25, -0.2) is 0 Å². The highest BCUT2D eigenvalue weighted by Gasteiger charge is 2.32. The second-order valence-corrected chi connectivity index (χ2v) is 4.56. The topological polar surface area (TPSA) is 47.3 Å². The molecule has 0 saturated carbocycles. The lowest BCUT2D eigenvalue weighted by Crippen LogP contribution is -2.22. The highest BCUT2D eigenvalue weighted by atomic mass is 79.9. The Morgan fingerprint density at radius 2 is 2.06 bits per heavy atom. The Labute approximate surface area is 113 Å². The molecule has 1 rings (SSSR count). The van der Waals surface area contributed by atoms with Gasteiger partial charge in [-0.05, 0) is 24.4 Å². The summed E-state index contributed by atoms with van der Waals surface area (Å²) in [4.78, 5) is 0. The molecule has 17 heavy (non-hydrogen) atoms. The zero-order valence-electron chi connectivity index (χ0n) is 7.94. The summed E-state index contributed by atoms with van der Waals surface area (Å²) in [6.45, 7) is 0. The van der Waals surface area contributed by atoms with E-state index in [-0.39, 0.29) is 15.8 Å². The first-order valence-corrected chi connectivity index (χ1v) is 5.58. The normalized spacial score (nSPS) is 11.1. The summed E-state index contributed by atoms with van der Waals surface area (Å²) >= 11 is 13.3. The molecular weight excluding hydrogens is 345 g/mol. The zero-order valence-corrected chi connectivity index (χ0v) is 11.1. The minimum atomic E-state index is -4.84. The van der Waals surface area contributed by atoms with Crippen LogP contribution in [0.15, 0.2) is 16.6 Å². The number of nitrogens with two attached hydrogens (primary N) is 1. The van der Waals surface area contributed by atoms with Gasteiger partial charge in [-0.3, -0.25) is 0 Å². The van der Waals surface area contributed by atoms with Gasteiger partial charge in [0, 0.05) is 4.47 Å². The Balaban J connectivity index is 3.20. The van der Waals surface area contributed by atoms with E-state index >= 15 is 0 Å². The van der Waals surface area contributed by atoms with E-state index in [2.05, 4.69) is 38.2 Å². The van der Waals surface area contributed by atoms with E-state index < -0.39 is 12.1 Å². The summed E-state index contributed by atoms with van der Waals surface area (Å²) in [7, 11) is 0. The fourth-order valence-corrected chi connectivity index (χ4v) is 1.93. The number of benzene rings is 1. The summed E-state index contributed by atoms with van der Waals surface area (Å²) < 4.78 is 40.6. The van der Waals surface area contributed by atoms with E-state index in [1.165, 1.54) is 6.07 Å². The van der Waals surface area contributed by atoms with Crippen LogP contribution in [0.4, 0.5) is 18.9 Å². The molecule has 3 N–H and O–H groups in total. The zero-order chi connectivity index (χ0) is 13.2. The SMILES string of the molecule is NC(=S)Nc1c(Cl)cc(Br)cc1OC(F)(F)F. The van der Waals surface area contributed by atoms with Crippen molar-refractivity contribution in [2.24, 2.45) is 5.73 Å². The van der Waals surface area contributed by atoms with E-state index in [1.807, 2.05) is 0 Å². The molecule has 0 saturated heterocycles. The van der Waals surface area contributed by atoms with Crippen molar-refractivity contribution < 1.29 is 17.9 Å².